The highest BCUT2D eigenvalue weighted by Crippen LogP contribution is 2.29. The van der Waals surface area contributed by atoms with Crippen LogP contribution in [-0.4, -0.2) is 63.8 Å². The van der Waals surface area contributed by atoms with E-state index in [2.05, 4.69) is 0 Å². The number of esters is 1. The number of carbonyl (C=O) groups excluding carboxylic acids is 3. The van der Waals surface area contributed by atoms with Crippen molar-refractivity contribution >= 4 is 52.8 Å². The number of carbonyl (C=O) groups is 3. The molecule has 1 aromatic carbocycles. The first-order valence-electron chi connectivity index (χ1n) is 10.0. The van der Waals surface area contributed by atoms with Gasteiger partial charge in [-0.1, -0.05) is 76.8 Å². The first-order chi connectivity index (χ1) is 14.9. The quantitative estimate of drug-likeness (QED) is 0.319. The van der Waals surface area contributed by atoms with Crippen LogP contribution >= 0.6 is 34.8 Å². The third kappa shape index (κ3) is 7.29. The number of rotatable bonds is 6. The van der Waals surface area contributed by atoms with Crippen LogP contribution in [0.2, 0.25) is 0 Å². The van der Waals surface area contributed by atoms with E-state index in [0.29, 0.717) is 0 Å². The van der Waals surface area contributed by atoms with Gasteiger partial charge in [-0.15, -0.1) is 0 Å². The molecule has 32 heavy (non-hydrogen) atoms. The zero-order valence-electron chi connectivity index (χ0n) is 18.4. The van der Waals surface area contributed by atoms with Gasteiger partial charge in [0, 0.05) is 20.5 Å². The maximum Gasteiger partial charge on any atom is 0.410 e. The monoisotopic (exact) mass is 504 g/mol. The number of hydrogen-bond acceptors (Lipinski definition) is 5. The third-order valence-electron chi connectivity index (χ3n) is 5.31. The van der Waals surface area contributed by atoms with Gasteiger partial charge in [0.1, 0.15) is 18.8 Å². The number of nitrogens with zero attached hydrogens (tertiary/aromatic N) is 2. The lowest BCUT2D eigenvalue weighted by atomic mass is 10.00. The number of amides is 2. The Bertz CT molecular complexity index is 857. The lowest BCUT2D eigenvalue weighted by Gasteiger charge is -2.36. The molecule has 10 heteroatoms. The van der Waals surface area contributed by atoms with Crippen molar-refractivity contribution in [2.24, 2.45) is 0 Å². The average Bonchev–Trinajstić information content (AvgIpc) is 2.74. The maximum absolute atomic E-state index is 13.3. The SMILES string of the molecule is CC(=O)N(C)C(C)[C@@H](OC(=O)[C@@H]1CC(C)=CCN1C(=O)OCC(Cl)(Cl)Cl)c1ccccc1. The van der Waals surface area contributed by atoms with Crippen molar-refractivity contribution in [1.29, 1.82) is 0 Å². The Labute approximate surface area is 203 Å². The summed E-state index contributed by atoms with van der Waals surface area (Å²) in [6.07, 6.45) is 0.580. The van der Waals surface area contributed by atoms with Crippen molar-refractivity contribution in [3.63, 3.8) is 0 Å². The van der Waals surface area contributed by atoms with Crippen molar-refractivity contribution in [1.82, 2.24) is 9.80 Å². The molecule has 0 saturated carbocycles. The Hall–Kier alpha value is -1.96. The molecule has 176 valence electrons. The Morgan fingerprint density at radius 2 is 1.84 bits per heavy atom. The van der Waals surface area contributed by atoms with E-state index in [9.17, 15) is 14.4 Å². The van der Waals surface area contributed by atoms with E-state index in [0.717, 1.165) is 11.1 Å². The Kier molecular flexibility index (Phi) is 9.25. The molecule has 1 aliphatic rings. The number of alkyl halides is 3. The normalized spacial score (nSPS) is 18.3. The van der Waals surface area contributed by atoms with Gasteiger partial charge in [0.05, 0.1) is 6.04 Å². The molecule has 0 spiro atoms. The Morgan fingerprint density at radius 1 is 1.22 bits per heavy atom. The van der Waals surface area contributed by atoms with Crippen molar-refractivity contribution in [2.45, 2.75) is 49.2 Å². The summed E-state index contributed by atoms with van der Waals surface area (Å²) in [6.45, 7) is 4.81. The van der Waals surface area contributed by atoms with E-state index in [1.54, 1.807) is 14.0 Å². The predicted octanol–water partition coefficient (Wildman–Crippen LogP) is 4.67. The van der Waals surface area contributed by atoms with E-state index in [1.165, 1.54) is 16.7 Å². The summed E-state index contributed by atoms with van der Waals surface area (Å²) >= 11 is 17.0. The molecular weight excluding hydrogens is 479 g/mol. The van der Waals surface area contributed by atoms with Crippen LogP contribution in [0.25, 0.3) is 0 Å². The minimum Gasteiger partial charge on any atom is -0.454 e. The Morgan fingerprint density at radius 3 is 2.41 bits per heavy atom. The molecule has 0 fully saturated rings. The molecule has 1 aromatic rings. The van der Waals surface area contributed by atoms with Crippen LogP contribution in [0, 0.1) is 0 Å². The van der Waals surface area contributed by atoms with Crippen LogP contribution in [0.3, 0.4) is 0 Å². The van der Waals surface area contributed by atoms with Gasteiger partial charge in [-0.3, -0.25) is 9.69 Å². The van der Waals surface area contributed by atoms with Crippen molar-refractivity contribution < 1.29 is 23.9 Å². The zero-order valence-corrected chi connectivity index (χ0v) is 20.7. The summed E-state index contributed by atoms with van der Waals surface area (Å²) in [4.78, 5) is 40.5. The number of ether oxygens (including phenoxy) is 2. The van der Waals surface area contributed by atoms with Crippen molar-refractivity contribution in [2.75, 3.05) is 20.2 Å². The molecule has 0 N–H and O–H groups in total. The lowest BCUT2D eigenvalue weighted by Crippen LogP contribution is -2.50. The molecular formula is C22H27Cl3N2O5. The fraction of sp³-hybridized carbons (Fsp3) is 0.500. The largest absolute Gasteiger partial charge is 0.454 e. The number of halogens is 3. The van der Waals surface area contributed by atoms with Crippen LogP contribution in [0.5, 0.6) is 0 Å². The van der Waals surface area contributed by atoms with Gasteiger partial charge in [0.15, 0.2) is 0 Å². The van der Waals surface area contributed by atoms with Crippen molar-refractivity contribution in [3.8, 4) is 0 Å². The fourth-order valence-corrected chi connectivity index (χ4v) is 3.46. The molecule has 2 amide bonds. The fourth-order valence-electron chi connectivity index (χ4n) is 3.30. The summed E-state index contributed by atoms with van der Waals surface area (Å²) in [7, 11) is 1.64. The molecule has 2 rings (SSSR count). The van der Waals surface area contributed by atoms with Gasteiger partial charge in [-0.05, 0) is 25.8 Å². The molecule has 7 nitrogen and oxygen atoms in total. The van der Waals surface area contributed by atoms with Gasteiger partial charge in [-0.2, -0.15) is 0 Å². The lowest BCUT2D eigenvalue weighted by molar-refractivity contribution is -0.160. The number of likely N-dealkylation sites (N-methyl/N-ethyl adjacent to an activating group) is 1. The van der Waals surface area contributed by atoms with E-state index < -0.39 is 40.6 Å². The van der Waals surface area contributed by atoms with Gasteiger partial charge in [0.25, 0.3) is 0 Å². The standard InChI is InChI=1S/C22H27Cl3N2O5/c1-14-10-11-27(21(30)31-13-22(23,24)25)18(12-14)20(29)32-19(15(2)26(4)16(3)28)17-8-6-5-7-9-17/h5-10,15,18-19H,11-13H2,1-4H3/t15?,18-,19+/m0/s1. The second-order valence-electron chi connectivity index (χ2n) is 7.73. The smallest absolute Gasteiger partial charge is 0.410 e. The highest BCUT2D eigenvalue weighted by molar-refractivity contribution is 6.67. The highest BCUT2D eigenvalue weighted by atomic mass is 35.6. The molecule has 1 unspecified atom stereocenters. The number of hydrogen-bond donors (Lipinski definition) is 0. The minimum atomic E-state index is -1.77. The van der Waals surface area contributed by atoms with Crippen molar-refractivity contribution in [3.05, 3.63) is 47.5 Å². The molecule has 1 aliphatic heterocycles. The van der Waals surface area contributed by atoms with Crippen LogP contribution in [0.1, 0.15) is 38.9 Å². The molecule has 0 radical (unpaired) electrons. The van der Waals surface area contributed by atoms with Crippen LogP contribution in [0.4, 0.5) is 4.79 Å². The average molecular weight is 506 g/mol. The topological polar surface area (TPSA) is 76.2 Å². The molecule has 1 heterocycles. The Balaban J connectivity index is 2.26. The zero-order chi connectivity index (χ0) is 24.1. The molecule has 0 aromatic heterocycles. The van der Waals surface area contributed by atoms with Gasteiger partial charge >= 0.3 is 12.1 Å². The maximum atomic E-state index is 13.3. The van der Waals surface area contributed by atoms with E-state index >= 15 is 0 Å². The van der Waals surface area contributed by atoms with Gasteiger partial charge < -0.3 is 14.4 Å². The minimum absolute atomic E-state index is 0.156. The predicted molar refractivity (Wildman–Crippen MR) is 124 cm³/mol. The summed E-state index contributed by atoms with van der Waals surface area (Å²) in [5, 5.41) is 0. The number of benzene rings is 1. The molecule has 0 bridgehead atoms. The van der Waals surface area contributed by atoms with E-state index in [4.69, 9.17) is 44.3 Å². The first kappa shape index (κ1) is 26.3. The van der Waals surface area contributed by atoms with Gasteiger partial charge in [0.2, 0.25) is 9.70 Å². The second-order valence-corrected chi connectivity index (χ2v) is 10.2. The van der Waals surface area contributed by atoms with Crippen LogP contribution < -0.4 is 0 Å². The first-order valence-corrected chi connectivity index (χ1v) is 11.2. The summed E-state index contributed by atoms with van der Waals surface area (Å²) in [5.74, 6) is -0.774. The summed E-state index contributed by atoms with van der Waals surface area (Å²) in [6, 6.07) is 7.78. The van der Waals surface area contributed by atoms with Crippen LogP contribution in [0.15, 0.2) is 42.0 Å². The molecule has 3 atom stereocenters. The second kappa shape index (κ2) is 11.3. The molecule has 0 aliphatic carbocycles. The van der Waals surface area contributed by atoms with Crippen LogP contribution in [-0.2, 0) is 19.1 Å². The van der Waals surface area contributed by atoms with E-state index in [-0.39, 0.29) is 18.9 Å². The van der Waals surface area contributed by atoms with E-state index in [1.807, 2.05) is 43.3 Å². The summed E-state index contributed by atoms with van der Waals surface area (Å²) in [5.41, 5.74) is 1.66. The third-order valence-corrected chi connectivity index (χ3v) is 5.64. The molecule has 0 saturated heterocycles. The summed E-state index contributed by atoms with van der Waals surface area (Å²) < 4.78 is 9.20. The highest BCUT2D eigenvalue weighted by Gasteiger charge is 2.38. The van der Waals surface area contributed by atoms with Gasteiger partial charge in [-0.25, -0.2) is 9.59 Å².